The Bertz CT molecular complexity index is 403. The molecular formula is C13H16Br2FNO. The van der Waals surface area contributed by atoms with Gasteiger partial charge in [-0.2, -0.15) is 0 Å². The monoisotopic (exact) mass is 379 g/mol. The molecule has 100 valence electrons. The normalized spacial score (nSPS) is 12.6. The van der Waals surface area contributed by atoms with Gasteiger partial charge in [0.25, 0.3) is 5.91 Å². The van der Waals surface area contributed by atoms with Crippen molar-refractivity contribution in [1.82, 2.24) is 5.32 Å². The molecule has 0 radical (unpaired) electrons. The molecule has 2 nitrogen and oxygen atoms in total. The zero-order chi connectivity index (χ0) is 13.7. The summed E-state index contributed by atoms with van der Waals surface area (Å²) in [6, 6.07) is 4.50. The van der Waals surface area contributed by atoms with E-state index in [1.807, 2.05) is 0 Å². The van der Waals surface area contributed by atoms with Crippen LogP contribution in [-0.2, 0) is 0 Å². The minimum absolute atomic E-state index is 0.00371. The molecule has 0 aliphatic rings. The smallest absolute Gasteiger partial charge is 0.255 e. The maximum atomic E-state index is 13.6. The first-order valence-corrected chi connectivity index (χ1v) is 7.68. The lowest BCUT2D eigenvalue weighted by Crippen LogP contribution is -2.37. The van der Waals surface area contributed by atoms with Crippen molar-refractivity contribution in [1.29, 1.82) is 0 Å². The highest BCUT2D eigenvalue weighted by molar-refractivity contribution is 9.10. The van der Waals surface area contributed by atoms with Crippen LogP contribution in [0.5, 0.6) is 0 Å². The summed E-state index contributed by atoms with van der Waals surface area (Å²) in [5.41, 5.74) is 0.0622. The molecule has 0 aliphatic carbocycles. The third-order valence-electron chi connectivity index (χ3n) is 2.47. The minimum atomic E-state index is -0.514. The molecule has 0 bridgehead atoms. The third-order valence-corrected chi connectivity index (χ3v) is 3.91. The lowest BCUT2D eigenvalue weighted by atomic mass is 10.0. The second kappa shape index (κ2) is 7.24. The van der Waals surface area contributed by atoms with E-state index in [2.05, 4.69) is 51.0 Å². The van der Waals surface area contributed by atoms with Crippen LogP contribution in [0, 0.1) is 11.7 Å². The summed E-state index contributed by atoms with van der Waals surface area (Å²) in [5, 5.41) is 3.50. The number of carbonyl (C=O) groups excluding carboxylic acids is 1. The number of rotatable bonds is 5. The topological polar surface area (TPSA) is 29.1 Å². The zero-order valence-corrected chi connectivity index (χ0v) is 13.5. The van der Waals surface area contributed by atoms with Crippen LogP contribution in [0.2, 0.25) is 0 Å². The number of alkyl halides is 1. The molecule has 1 amide bonds. The van der Waals surface area contributed by atoms with Crippen molar-refractivity contribution >= 4 is 37.8 Å². The van der Waals surface area contributed by atoms with Crippen molar-refractivity contribution in [3.05, 3.63) is 34.1 Å². The summed E-state index contributed by atoms with van der Waals surface area (Å²) < 4.78 is 14.1. The SMILES string of the molecule is CC(C)CC(CBr)NC(=O)c1c(F)cccc1Br. The summed E-state index contributed by atoms with van der Waals surface area (Å²) in [6.07, 6.45) is 0.850. The fourth-order valence-electron chi connectivity index (χ4n) is 1.70. The van der Waals surface area contributed by atoms with Crippen LogP contribution in [0.25, 0.3) is 0 Å². The van der Waals surface area contributed by atoms with Gasteiger partial charge in [0, 0.05) is 15.8 Å². The summed E-state index contributed by atoms with van der Waals surface area (Å²) in [7, 11) is 0. The molecule has 0 aromatic heterocycles. The van der Waals surface area contributed by atoms with E-state index in [0.717, 1.165) is 6.42 Å². The van der Waals surface area contributed by atoms with E-state index in [1.165, 1.54) is 6.07 Å². The molecule has 1 aromatic rings. The van der Waals surface area contributed by atoms with Crippen LogP contribution in [0.15, 0.2) is 22.7 Å². The summed E-state index contributed by atoms with van der Waals surface area (Å²) in [5.74, 6) is -0.429. The third kappa shape index (κ3) is 4.35. The molecule has 18 heavy (non-hydrogen) atoms. The maximum absolute atomic E-state index is 13.6. The van der Waals surface area contributed by atoms with Gasteiger partial charge in [0.15, 0.2) is 0 Å². The van der Waals surface area contributed by atoms with Crippen LogP contribution < -0.4 is 5.32 Å². The Morgan fingerprint density at radius 1 is 1.44 bits per heavy atom. The van der Waals surface area contributed by atoms with Gasteiger partial charge in [-0.1, -0.05) is 35.8 Å². The van der Waals surface area contributed by atoms with E-state index >= 15 is 0 Å². The maximum Gasteiger partial charge on any atom is 0.255 e. The van der Waals surface area contributed by atoms with Gasteiger partial charge in [0.1, 0.15) is 5.82 Å². The summed E-state index contributed by atoms with van der Waals surface area (Å²) >= 11 is 6.56. The first-order valence-electron chi connectivity index (χ1n) is 5.76. The minimum Gasteiger partial charge on any atom is -0.348 e. The molecule has 0 fully saturated rings. The molecule has 1 atom stereocenters. The fourth-order valence-corrected chi connectivity index (χ4v) is 2.65. The van der Waals surface area contributed by atoms with E-state index in [1.54, 1.807) is 12.1 Å². The number of benzene rings is 1. The number of carbonyl (C=O) groups is 1. The Kier molecular flexibility index (Phi) is 6.29. The molecule has 1 N–H and O–H groups in total. The molecule has 1 unspecified atom stereocenters. The largest absolute Gasteiger partial charge is 0.348 e. The van der Waals surface area contributed by atoms with Crippen LogP contribution in [0.4, 0.5) is 4.39 Å². The quantitative estimate of drug-likeness (QED) is 0.764. The highest BCUT2D eigenvalue weighted by Gasteiger charge is 2.19. The molecule has 0 saturated heterocycles. The lowest BCUT2D eigenvalue weighted by Gasteiger charge is -2.18. The molecule has 1 aromatic carbocycles. The second-order valence-corrected chi connectivity index (χ2v) is 6.05. The molecule has 0 heterocycles. The van der Waals surface area contributed by atoms with Gasteiger partial charge in [-0.05, 0) is 40.4 Å². The summed E-state index contributed by atoms with van der Waals surface area (Å²) in [4.78, 5) is 12.0. The number of halogens is 3. The second-order valence-electron chi connectivity index (χ2n) is 4.55. The highest BCUT2D eigenvalue weighted by atomic mass is 79.9. The van der Waals surface area contributed by atoms with Crippen LogP contribution in [-0.4, -0.2) is 17.3 Å². The Labute approximate surface area is 124 Å². The Hall–Kier alpha value is -0.420. The van der Waals surface area contributed by atoms with Crippen molar-refractivity contribution in [2.75, 3.05) is 5.33 Å². The molecule has 5 heteroatoms. The lowest BCUT2D eigenvalue weighted by molar-refractivity contribution is 0.0932. The fraction of sp³-hybridized carbons (Fsp3) is 0.462. The van der Waals surface area contributed by atoms with Gasteiger partial charge in [0.2, 0.25) is 0 Å². The first-order chi connectivity index (χ1) is 8.45. The van der Waals surface area contributed by atoms with Crippen molar-refractivity contribution in [3.8, 4) is 0 Å². The van der Waals surface area contributed by atoms with Gasteiger partial charge < -0.3 is 5.32 Å². The molecule has 0 saturated carbocycles. The first kappa shape index (κ1) is 15.6. The number of hydrogen-bond donors (Lipinski definition) is 1. The van der Waals surface area contributed by atoms with Crippen molar-refractivity contribution < 1.29 is 9.18 Å². The van der Waals surface area contributed by atoms with Gasteiger partial charge in [0.05, 0.1) is 5.56 Å². The highest BCUT2D eigenvalue weighted by Crippen LogP contribution is 2.20. The predicted octanol–water partition coefficient (Wildman–Crippen LogP) is 4.13. The number of hydrogen-bond acceptors (Lipinski definition) is 1. The van der Waals surface area contributed by atoms with Crippen molar-refractivity contribution in [3.63, 3.8) is 0 Å². The number of nitrogens with one attached hydrogen (secondary N) is 1. The average Bonchev–Trinajstić information content (AvgIpc) is 2.27. The van der Waals surface area contributed by atoms with Gasteiger partial charge in [-0.15, -0.1) is 0 Å². The Morgan fingerprint density at radius 3 is 2.61 bits per heavy atom. The van der Waals surface area contributed by atoms with E-state index < -0.39 is 5.82 Å². The Balaban J connectivity index is 2.81. The molecular weight excluding hydrogens is 365 g/mol. The average molecular weight is 381 g/mol. The van der Waals surface area contributed by atoms with E-state index in [9.17, 15) is 9.18 Å². The molecule has 0 spiro atoms. The predicted molar refractivity (Wildman–Crippen MR) is 78.6 cm³/mol. The van der Waals surface area contributed by atoms with E-state index in [4.69, 9.17) is 0 Å². The number of amides is 1. The van der Waals surface area contributed by atoms with Crippen molar-refractivity contribution in [2.24, 2.45) is 5.92 Å². The van der Waals surface area contributed by atoms with Crippen molar-refractivity contribution in [2.45, 2.75) is 26.3 Å². The Morgan fingerprint density at radius 2 is 2.11 bits per heavy atom. The van der Waals surface area contributed by atoms with Gasteiger partial charge >= 0.3 is 0 Å². The van der Waals surface area contributed by atoms with Crippen LogP contribution >= 0.6 is 31.9 Å². The van der Waals surface area contributed by atoms with Gasteiger partial charge in [-0.3, -0.25) is 4.79 Å². The molecule has 1 rings (SSSR count). The standard InChI is InChI=1S/C13H16Br2FNO/c1-8(2)6-9(7-14)17-13(18)12-10(15)4-3-5-11(12)16/h3-5,8-9H,6-7H2,1-2H3,(H,17,18). The molecule has 0 aliphatic heterocycles. The van der Waals surface area contributed by atoms with E-state index in [0.29, 0.717) is 15.7 Å². The van der Waals surface area contributed by atoms with Crippen LogP contribution in [0.1, 0.15) is 30.6 Å². The van der Waals surface area contributed by atoms with Crippen LogP contribution in [0.3, 0.4) is 0 Å². The van der Waals surface area contributed by atoms with Gasteiger partial charge in [-0.25, -0.2) is 4.39 Å². The zero-order valence-electron chi connectivity index (χ0n) is 10.3. The summed E-state index contributed by atoms with van der Waals surface area (Å²) in [6.45, 7) is 4.17. The van der Waals surface area contributed by atoms with E-state index in [-0.39, 0.29) is 17.5 Å².